The summed E-state index contributed by atoms with van der Waals surface area (Å²) in [5, 5.41) is 2.82. The lowest BCUT2D eigenvalue weighted by Gasteiger charge is -2.26. The van der Waals surface area contributed by atoms with Crippen molar-refractivity contribution in [2.45, 2.75) is 37.8 Å². The van der Waals surface area contributed by atoms with E-state index in [4.69, 9.17) is 0 Å². The number of amides is 1. The predicted octanol–water partition coefficient (Wildman–Crippen LogP) is 5.39. The molecule has 0 unspecified atom stereocenters. The first kappa shape index (κ1) is 26.8. The fraction of sp³-hybridized carbons (Fsp3) is 0.296. The summed E-state index contributed by atoms with van der Waals surface area (Å²) in [5.74, 6) is 0.724. The molecule has 1 amide bonds. The van der Waals surface area contributed by atoms with Crippen molar-refractivity contribution in [1.82, 2.24) is 5.32 Å². The zero-order valence-corrected chi connectivity index (χ0v) is 21.9. The molecule has 0 saturated carbocycles. The minimum Gasteiger partial charge on any atom is -0.354 e. The number of hydrogen-bond acceptors (Lipinski definition) is 4. The van der Waals surface area contributed by atoms with Crippen LogP contribution in [0.25, 0.3) is 0 Å². The number of anilines is 1. The van der Waals surface area contributed by atoms with Crippen LogP contribution >= 0.6 is 11.8 Å². The van der Waals surface area contributed by atoms with Gasteiger partial charge in [0, 0.05) is 12.3 Å². The van der Waals surface area contributed by atoms with E-state index in [2.05, 4.69) is 5.32 Å². The van der Waals surface area contributed by atoms with Crippen LogP contribution in [-0.2, 0) is 20.6 Å². The van der Waals surface area contributed by atoms with Crippen LogP contribution in [0.2, 0.25) is 0 Å². The molecule has 0 aliphatic carbocycles. The van der Waals surface area contributed by atoms with Crippen molar-refractivity contribution in [3.8, 4) is 0 Å². The van der Waals surface area contributed by atoms with E-state index >= 15 is 0 Å². The van der Waals surface area contributed by atoms with Crippen molar-refractivity contribution < 1.29 is 17.6 Å². The van der Waals surface area contributed by atoms with Crippen LogP contribution in [0.15, 0.2) is 71.6 Å². The van der Waals surface area contributed by atoms with Gasteiger partial charge in [-0.1, -0.05) is 53.6 Å². The smallest absolute Gasteiger partial charge is 0.264 e. The highest BCUT2D eigenvalue weighted by Gasteiger charge is 2.28. The first-order chi connectivity index (χ1) is 16.7. The van der Waals surface area contributed by atoms with Crippen LogP contribution in [0, 0.1) is 26.6 Å². The van der Waals surface area contributed by atoms with Gasteiger partial charge in [0.05, 0.1) is 10.6 Å². The highest BCUT2D eigenvalue weighted by molar-refractivity contribution is 7.98. The first-order valence-corrected chi connectivity index (χ1v) is 14.0. The Hall–Kier alpha value is -2.84. The van der Waals surface area contributed by atoms with Crippen LogP contribution in [0.4, 0.5) is 10.1 Å². The molecule has 3 rings (SSSR count). The second kappa shape index (κ2) is 12.2. The number of halogens is 1. The van der Waals surface area contributed by atoms with Crippen molar-refractivity contribution in [3.05, 3.63) is 94.8 Å². The molecule has 0 heterocycles. The molecule has 5 nitrogen and oxygen atoms in total. The summed E-state index contributed by atoms with van der Waals surface area (Å²) in [6.07, 6.45) is 0.694. The number of hydrogen-bond donors (Lipinski definition) is 1. The molecule has 8 heteroatoms. The minimum absolute atomic E-state index is 0.139. The Morgan fingerprint density at radius 1 is 0.971 bits per heavy atom. The van der Waals surface area contributed by atoms with Gasteiger partial charge in [-0.25, -0.2) is 12.8 Å². The molecular weight excluding hydrogens is 483 g/mol. The lowest BCUT2D eigenvalue weighted by Crippen LogP contribution is -2.41. The van der Waals surface area contributed by atoms with Gasteiger partial charge in [-0.2, -0.15) is 11.8 Å². The average Bonchev–Trinajstić information content (AvgIpc) is 2.81. The van der Waals surface area contributed by atoms with Gasteiger partial charge in [0.15, 0.2) is 0 Å². The fourth-order valence-corrected chi connectivity index (χ4v) is 6.04. The number of rotatable bonds is 11. The quantitative estimate of drug-likeness (QED) is 0.349. The van der Waals surface area contributed by atoms with Gasteiger partial charge in [-0.15, -0.1) is 0 Å². The van der Waals surface area contributed by atoms with Crippen molar-refractivity contribution in [2.75, 3.05) is 23.1 Å². The first-order valence-electron chi connectivity index (χ1n) is 11.4. The number of sulfonamides is 1. The Morgan fingerprint density at radius 2 is 1.66 bits per heavy atom. The molecular formula is C27H31FN2O3S2. The topological polar surface area (TPSA) is 66.5 Å². The summed E-state index contributed by atoms with van der Waals surface area (Å²) in [6.45, 7) is 5.76. The lowest BCUT2D eigenvalue weighted by atomic mass is 10.1. The van der Waals surface area contributed by atoms with Crippen molar-refractivity contribution in [1.29, 1.82) is 0 Å². The molecule has 0 aliphatic heterocycles. The molecule has 3 aromatic carbocycles. The summed E-state index contributed by atoms with van der Waals surface area (Å²) < 4.78 is 41.9. The maximum atomic E-state index is 13.7. The Kier molecular flexibility index (Phi) is 9.34. The van der Waals surface area contributed by atoms with Gasteiger partial charge in [0.2, 0.25) is 5.91 Å². The van der Waals surface area contributed by atoms with Gasteiger partial charge in [-0.3, -0.25) is 9.10 Å². The highest BCUT2D eigenvalue weighted by atomic mass is 32.2. The zero-order valence-electron chi connectivity index (χ0n) is 20.3. The van der Waals surface area contributed by atoms with E-state index in [1.54, 1.807) is 54.2 Å². The van der Waals surface area contributed by atoms with E-state index in [1.807, 2.05) is 39.0 Å². The molecule has 0 bridgehead atoms. The summed E-state index contributed by atoms with van der Waals surface area (Å²) in [7, 11) is -3.94. The fourth-order valence-electron chi connectivity index (χ4n) is 3.61. The largest absolute Gasteiger partial charge is 0.354 e. The molecule has 1 N–H and O–H groups in total. The van der Waals surface area contributed by atoms with Gasteiger partial charge in [0.1, 0.15) is 12.4 Å². The van der Waals surface area contributed by atoms with Crippen LogP contribution in [0.5, 0.6) is 0 Å². The van der Waals surface area contributed by atoms with Crippen molar-refractivity contribution >= 4 is 33.4 Å². The summed E-state index contributed by atoms with van der Waals surface area (Å²) in [6, 6.07) is 18.8. The lowest BCUT2D eigenvalue weighted by molar-refractivity contribution is -0.119. The molecule has 0 aliphatic rings. The van der Waals surface area contributed by atoms with Crippen LogP contribution in [0.3, 0.4) is 0 Å². The molecule has 3 aromatic rings. The number of nitrogens with one attached hydrogen (secondary N) is 1. The number of carbonyl (C=O) groups excluding carboxylic acids is 1. The second-order valence-electron chi connectivity index (χ2n) is 8.46. The van der Waals surface area contributed by atoms with E-state index < -0.39 is 10.0 Å². The van der Waals surface area contributed by atoms with Crippen molar-refractivity contribution in [2.24, 2.45) is 0 Å². The Labute approximate surface area is 211 Å². The van der Waals surface area contributed by atoms with Gasteiger partial charge in [0.25, 0.3) is 10.0 Å². The molecule has 0 fully saturated rings. The molecule has 0 saturated heterocycles. The summed E-state index contributed by atoms with van der Waals surface area (Å²) >= 11 is 1.59. The number of nitrogens with zero attached hydrogens (tertiary/aromatic N) is 1. The average molecular weight is 515 g/mol. The normalized spacial score (nSPS) is 11.3. The van der Waals surface area contributed by atoms with Gasteiger partial charge in [-0.05, 0) is 68.3 Å². The van der Waals surface area contributed by atoms with E-state index in [0.29, 0.717) is 30.0 Å². The molecule has 0 radical (unpaired) electrons. The minimum atomic E-state index is -3.94. The molecule has 0 atom stereocenters. The Bertz CT molecular complexity index is 1260. The zero-order chi connectivity index (χ0) is 25.4. The van der Waals surface area contributed by atoms with Gasteiger partial charge >= 0.3 is 0 Å². The molecule has 35 heavy (non-hydrogen) atoms. The molecule has 186 valence electrons. The number of benzene rings is 3. The number of thioether (sulfide) groups is 1. The van der Waals surface area contributed by atoms with Crippen molar-refractivity contribution in [3.63, 3.8) is 0 Å². The maximum absolute atomic E-state index is 13.7. The Balaban J connectivity index is 1.63. The number of carbonyl (C=O) groups is 1. The van der Waals surface area contributed by atoms with Gasteiger partial charge < -0.3 is 5.32 Å². The van der Waals surface area contributed by atoms with E-state index in [9.17, 15) is 17.6 Å². The maximum Gasteiger partial charge on any atom is 0.264 e. The standard InChI is InChI=1S/C27H31FN2O3S2/c1-20-9-12-24(13-10-20)35(32,33)30(26-14-11-21(2)17-22(26)3)18-27(31)29-15-6-16-34-19-23-7-4-5-8-25(23)28/h4-5,7-14,17H,6,15-16,18-19H2,1-3H3,(H,29,31). The number of aryl methyl sites for hydroxylation is 3. The van der Waals surface area contributed by atoms with E-state index in [-0.39, 0.29) is 23.2 Å². The Morgan fingerprint density at radius 3 is 2.34 bits per heavy atom. The van der Waals surface area contributed by atoms with Crippen LogP contribution in [-0.4, -0.2) is 33.2 Å². The molecule has 0 spiro atoms. The summed E-state index contributed by atoms with van der Waals surface area (Å²) in [4.78, 5) is 12.9. The second-order valence-corrected chi connectivity index (χ2v) is 11.4. The SMILES string of the molecule is Cc1ccc(S(=O)(=O)N(CC(=O)NCCCSCc2ccccc2F)c2ccc(C)cc2C)cc1. The molecule has 0 aromatic heterocycles. The third-order valence-electron chi connectivity index (χ3n) is 5.52. The highest BCUT2D eigenvalue weighted by Crippen LogP contribution is 2.27. The third kappa shape index (κ3) is 7.32. The predicted molar refractivity (Wildman–Crippen MR) is 142 cm³/mol. The van der Waals surface area contributed by atoms with Crippen LogP contribution in [0.1, 0.15) is 28.7 Å². The summed E-state index contributed by atoms with van der Waals surface area (Å²) in [5.41, 5.74) is 3.88. The van der Waals surface area contributed by atoms with E-state index in [0.717, 1.165) is 22.4 Å². The van der Waals surface area contributed by atoms with E-state index in [1.165, 1.54) is 10.4 Å². The van der Waals surface area contributed by atoms with Crippen LogP contribution < -0.4 is 9.62 Å². The monoisotopic (exact) mass is 514 g/mol. The third-order valence-corrected chi connectivity index (χ3v) is 8.39.